The molecule has 0 spiro atoms. The minimum atomic E-state index is -0.0958. The number of ether oxygens (including phenoxy) is 1. The number of hydrogen-bond donors (Lipinski definition) is 1. The van der Waals surface area contributed by atoms with Crippen molar-refractivity contribution < 1.29 is 9.53 Å². The fraction of sp³-hybridized carbons (Fsp3) is 0.167. The van der Waals surface area contributed by atoms with Gasteiger partial charge in [0.25, 0.3) is 0 Å². The van der Waals surface area contributed by atoms with Crippen LogP contribution in [0, 0.1) is 6.92 Å². The summed E-state index contributed by atoms with van der Waals surface area (Å²) in [6, 6.07) is 11.4. The van der Waals surface area contributed by atoms with Gasteiger partial charge in [-0.25, -0.2) is 4.98 Å². The predicted octanol–water partition coefficient (Wildman–Crippen LogP) is 3.70. The number of methoxy groups -OCH3 is 1. The van der Waals surface area contributed by atoms with Crippen LogP contribution in [0.25, 0.3) is 11.4 Å². The van der Waals surface area contributed by atoms with E-state index in [0.717, 1.165) is 28.3 Å². The van der Waals surface area contributed by atoms with Crippen LogP contribution in [0.4, 0.5) is 5.13 Å². The van der Waals surface area contributed by atoms with Gasteiger partial charge in [-0.15, -0.1) is 11.3 Å². The molecule has 0 aliphatic rings. The lowest BCUT2D eigenvalue weighted by Crippen LogP contribution is -2.14. The highest BCUT2D eigenvalue weighted by atomic mass is 32.1. The maximum atomic E-state index is 12.2. The molecule has 0 aliphatic carbocycles. The van der Waals surface area contributed by atoms with Crippen molar-refractivity contribution >= 4 is 22.4 Å². The molecule has 0 bridgehead atoms. The summed E-state index contributed by atoms with van der Waals surface area (Å²) in [6.45, 7) is 1.96. The van der Waals surface area contributed by atoms with Gasteiger partial charge in [0.2, 0.25) is 5.91 Å². The van der Waals surface area contributed by atoms with Gasteiger partial charge >= 0.3 is 0 Å². The minimum Gasteiger partial charge on any atom is -0.496 e. The van der Waals surface area contributed by atoms with E-state index >= 15 is 0 Å². The smallest absolute Gasteiger partial charge is 0.230 e. The Balaban J connectivity index is 1.65. The van der Waals surface area contributed by atoms with E-state index in [1.54, 1.807) is 13.3 Å². The molecule has 1 aromatic carbocycles. The van der Waals surface area contributed by atoms with Crippen molar-refractivity contribution in [3.05, 3.63) is 59.1 Å². The number of benzene rings is 1. The topological polar surface area (TPSA) is 64.1 Å². The van der Waals surface area contributed by atoms with E-state index < -0.39 is 0 Å². The summed E-state index contributed by atoms with van der Waals surface area (Å²) in [5.74, 6) is 0.723. The van der Waals surface area contributed by atoms with Crippen LogP contribution in [0.3, 0.4) is 0 Å². The first-order chi connectivity index (χ1) is 11.7. The number of rotatable bonds is 5. The molecule has 0 atom stereocenters. The number of aryl methyl sites for hydroxylation is 1. The number of pyridine rings is 1. The van der Waals surface area contributed by atoms with Crippen LogP contribution in [-0.4, -0.2) is 23.0 Å². The van der Waals surface area contributed by atoms with Gasteiger partial charge in [0, 0.05) is 11.6 Å². The molecule has 0 saturated heterocycles. The van der Waals surface area contributed by atoms with Crippen LogP contribution in [0.15, 0.2) is 48.0 Å². The molecule has 0 fully saturated rings. The van der Waals surface area contributed by atoms with E-state index in [0.29, 0.717) is 11.6 Å². The molecule has 0 unspecified atom stereocenters. The lowest BCUT2D eigenvalue weighted by molar-refractivity contribution is -0.115. The average Bonchev–Trinajstić information content (AvgIpc) is 3.04. The summed E-state index contributed by atoms with van der Waals surface area (Å²) in [4.78, 5) is 20.9. The van der Waals surface area contributed by atoms with Crippen molar-refractivity contribution in [2.45, 2.75) is 13.3 Å². The van der Waals surface area contributed by atoms with Gasteiger partial charge < -0.3 is 10.1 Å². The summed E-state index contributed by atoms with van der Waals surface area (Å²) >= 11 is 1.39. The summed E-state index contributed by atoms with van der Waals surface area (Å²) < 4.78 is 5.23. The van der Waals surface area contributed by atoms with E-state index in [2.05, 4.69) is 15.3 Å². The fourth-order valence-electron chi connectivity index (χ4n) is 2.36. The number of thiazole rings is 1. The zero-order chi connectivity index (χ0) is 16.9. The fourth-order valence-corrected chi connectivity index (χ4v) is 3.08. The number of nitrogens with zero attached hydrogens (tertiary/aromatic N) is 2. The molecule has 1 amide bonds. The Labute approximate surface area is 144 Å². The van der Waals surface area contributed by atoms with Crippen LogP contribution in [0.2, 0.25) is 0 Å². The zero-order valence-corrected chi connectivity index (χ0v) is 14.3. The summed E-state index contributed by atoms with van der Waals surface area (Å²) in [5.41, 5.74) is 3.50. The average molecular weight is 339 g/mol. The molecule has 2 aromatic heterocycles. The zero-order valence-electron chi connectivity index (χ0n) is 13.4. The summed E-state index contributed by atoms with van der Waals surface area (Å²) in [5, 5.41) is 5.30. The molecule has 0 saturated carbocycles. The van der Waals surface area contributed by atoms with Crippen molar-refractivity contribution in [2.75, 3.05) is 12.4 Å². The third-order valence-electron chi connectivity index (χ3n) is 3.50. The van der Waals surface area contributed by atoms with Crippen molar-refractivity contribution in [1.29, 1.82) is 0 Å². The normalized spacial score (nSPS) is 10.4. The number of amides is 1. The Morgan fingerprint density at radius 1 is 1.25 bits per heavy atom. The second-order valence-electron chi connectivity index (χ2n) is 5.28. The van der Waals surface area contributed by atoms with E-state index in [4.69, 9.17) is 4.74 Å². The molecule has 122 valence electrons. The first kappa shape index (κ1) is 16.1. The monoisotopic (exact) mass is 339 g/mol. The predicted molar refractivity (Wildman–Crippen MR) is 95.4 cm³/mol. The summed E-state index contributed by atoms with van der Waals surface area (Å²) in [6.07, 6.45) is 2.02. The highest BCUT2D eigenvalue weighted by molar-refractivity contribution is 7.14. The van der Waals surface area contributed by atoms with E-state index in [1.807, 2.05) is 48.7 Å². The van der Waals surface area contributed by atoms with E-state index in [9.17, 15) is 4.79 Å². The SMILES string of the molecule is COc1ccc(CC(=O)Nc2nc(-c3ccccn3)cs2)cc1C. The molecule has 0 radical (unpaired) electrons. The Morgan fingerprint density at radius 3 is 2.83 bits per heavy atom. The minimum absolute atomic E-state index is 0.0958. The molecule has 5 nitrogen and oxygen atoms in total. The second-order valence-corrected chi connectivity index (χ2v) is 6.14. The van der Waals surface area contributed by atoms with Crippen molar-refractivity contribution in [1.82, 2.24) is 9.97 Å². The first-order valence-electron chi connectivity index (χ1n) is 7.46. The first-order valence-corrected chi connectivity index (χ1v) is 8.34. The number of aromatic nitrogens is 2. The quantitative estimate of drug-likeness (QED) is 0.770. The molecule has 1 N–H and O–H groups in total. The van der Waals surface area contributed by atoms with Crippen molar-refractivity contribution in [3.8, 4) is 17.1 Å². The van der Waals surface area contributed by atoms with Gasteiger partial charge in [0.05, 0.1) is 19.2 Å². The molecule has 3 aromatic rings. The Morgan fingerprint density at radius 2 is 2.12 bits per heavy atom. The Bertz CT molecular complexity index is 846. The largest absolute Gasteiger partial charge is 0.496 e. The van der Waals surface area contributed by atoms with E-state index in [1.165, 1.54) is 11.3 Å². The molecular formula is C18H17N3O2S. The van der Waals surface area contributed by atoms with Gasteiger partial charge in [0.1, 0.15) is 11.4 Å². The molecular weight excluding hydrogens is 322 g/mol. The van der Waals surface area contributed by atoms with Gasteiger partial charge in [-0.3, -0.25) is 9.78 Å². The van der Waals surface area contributed by atoms with Crippen LogP contribution in [-0.2, 0) is 11.2 Å². The molecule has 3 rings (SSSR count). The molecule has 24 heavy (non-hydrogen) atoms. The van der Waals surface area contributed by atoms with Crippen molar-refractivity contribution in [3.63, 3.8) is 0 Å². The number of carbonyl (C=O) groups excluding carboxylic acids is 1. The third-order valence-corrected chi connectivity index (χ3v) is 4.26. The maximum Gasteiger partial charge on any atom is 0.230 e. The number of nitrogens with one attached hydrogen (secondary N) is 1. The van der Waals surface area contributed by atoms with Crippen LogP contribution < -0.4 is 10.1 Å². The van der Waals surface area contributed by atoms with Gasteiger partial charge in [-0.05, 0) is 36.2 Å². The summed E-state index contributed by atoms with van der Waals surface area (Å²) in [7, 11) is 1.64. The molecule has 6 heteroatoms. The van der Waals surface area contributed by atoms with Gasteiger partial charge in [0.15, 0.2) is 5.13 Å². The van der Waals surface area contributed by atoms with Crippen LogP contribution in [0.5, 0.6) is 5.75 Å². The maximum absolute atomic E-state index is 12.2. The number of hydrogen-bond acceptors (Lipinski definition) is 5. The highest BCUT2D eigenvalue weighted by Gasteiger charge is 2.10. The molecule has 2 heterocycles. The highest BCUT2D eigenvalue weighted by Crippen LogP contribution is 2.23. The number of carbonyl (C=O) groups is 1. The Hall–Kier alpha value is -2.73. The van der Waals surface area contributed by atoms with Crippen LogP contribution in [0.1, 0.15) is 11.1 Å². The van der Waals surface area contributed by atoms with Gasteiger partial charge in [-0.2, -0.15) is 0 Å². The lowest BCUT2D eigenvalue weighted by Gasteiger charge is -2.07. The standard InChI is InChI=1S/C18H17N3O2S/c1-12-9-13(6-7-16(12)23-2)10-17(22)21-18-20-15(11-24-18)14-5-3-4-8-19-14/h3-9,11H,10H2,1-2H3,(H,20,21,22). The lowest BCUT2D eigenvalue weighted by atomic mass is 10.1. The Kier molecular flexibility index (Phi) is 4.86. The van der Waals surface area contributed by atoms with Gasteiger partial charge in [-0.1, -0.05) is 18.2 Å². The van der Waals surface area contributed by atoms with E-state index in [-0.39, 0.29) is 5.91 Å². The third kappa shape index (κ3) is 3.78. The van der Waals surface area contributed by atoms with Crippen LogP contribution >= 0.6 is 11.3 Å². The second kappa shape index (κ2) is 7.23. The molecule has 0 aliphatic heterocycles. The van der Waals surface area contributed by atoms with Crippen molar-refractivity contribution in [2.24, 2.45) is 0 Å². The number of anilines is 1.